The van der Waals surface area contributed by atoms with E-state index in [1.165, 1.54) is 18.2 Å². The van der Waals surface area contributed by atoms with Gasteiger partial charge in [0, 0.05) is 5.41 Å². The molecule has 0 aliphatic rings. The fourth-order valence-electron chi connectivity index (χ4n) is 1.56. The quantitative estimate of drug-likeness (QED) is 0.520. The van der Waals surface area contributed by atoms with Gasteiger partial charge in [0.15, 0.2) is 0 Å². The van der Waals surface area contributed by atoms with Gasteiger partial charge < -0.3 is 5.73 Å². The van der Waals surface area contributed by atoms with E-state index in [4.69, 9.17) is 0 Å². The molecule has 1 atom stereocenters. The monoisotopic (exact) mass is 303 g/mol. The van der Waals surface area contributed by atoms with Crippen LogP contribution >= 0.6 is 0 Å². The van der Waals surface area contributed by atoms with Crippen LogP contribution in [0.15, 0.2) is 61.2 Å². The van der Waals surface area contributed by atoms with E-state index < -0.39 is 0 Å². The summed E-state index contributed by atoms with van der Waals surface area (Å²) in [6, 6.07) is 8.61. The molecule has 0 radical (unpaired) electrons. The van der Waals surface area contributed by atoms with Crippen molar-refractivity contribution in [3.63, 3.8) is 0 Å². The number of aryl methyl sites for hydroxylation is 1. The average molecular weight is 304 g/mol. The van der Waals surface area contributed by atoms with E-state index in [1.807, 2.05) is 52.8 Å². The Morgan fingerprint density at radius 3 is 1.77 bits per heavy atom. The van der Waals surface area contributed by atoms with Gasteiger partial charge in [-0.3, -0.25) is 0 Å². The van der Waals surface area contributed by atoms with Gasteiger partial charge in [-0.15, -0.1) is 6.58 Å². The van der Waals surface area contributed by atoms with Crippen molar-refractivity contribution in [1.29, 1.82) is 0 Å². The van der Waals surface area contributed by atoms with Crippen LogP contribution in [0.2, 0.25) is 0 Å². The predicted octanol–water partition coefficient (Wildman–Crippen LogP) is 6.20. The second-order valence-corrected chi connectivity index (χ2v) is 4.24. The number of allylic oxidation sites excluding steroid dienone is 5. The van der Waals surface area contributed by atoms with Crippen LogP contribution in [0.25, 0.3) is 0 Å². The molecule has 0 aliphatic heterocycles. The van der Waals surface area contributed by atoms with Gasteiger partial charge in [-0.2, -0.15) is 0 Å². The maximum absolute atomic E-state index is 4.50. The number of benzene rings is 1. The summed E-state index contributed by atoms with van der Waals surface area (Å²) < 4.78 is 0. The van der Waals surface area contributed by atoms with Crippen LogP contribution in [-0.2, 0) is 5.41 Å². The van der Waals surface area contributed by atoms with Gasteiger partial charge >= 0.3 is 0 Å². The molecule has 0 amide bonds. The van der Waals surface area contributed by atoms with Crippen LogP contribution in [0.3, 0.4) is 0 Å². The fraction of sp³-hybridized carbons (Fsp3) is 0.429. The Morgan fingerprint density at radius 1 is 0.955 bits per heavy atom. The summed E-state index contributed by atoms with van der Waals surface area (Å²) in [5.41, 5.74) is 6.97. The first kappa shape index (κ1) is 25.4. The van der Waals surface area contributed by atoms with Gasteiger partial charge in [-0.25, -0.2) is 0 Å². The van der Waals surface area contributed by atoms with E-state index in [2.05, 4.69) is 62.6 Å². The second-order valence-electron chi connectivity index (χ2n) is 4.24. The van der Waals surface area contributed by atoms with Crippen LogP contribution in [-0.4, -0.2) is 7.05 Å². The summed E-state index contributed by atoms with van der Waals surface area (Å²) in [7, 11) is 1.50. The van der Waals surface area contributed by atoms with E-state index in [-0.39, 0.29) is 5.41 Å². The highest BCUT2D eigenvalue weighted by molar-refractivity contribution is 5.37. The van der Waals surface area contributed by atoms with E-state index in [0.717, 1.165) is 0 Å². The van der Waals surface area contributed by atoms with Crippen molar-refractivity contribution < 1.29 is 0 Å². The van der Waals surface area contributed by atoms with Gasteiger partial charge in [0.05, 0.1) is 0 Å². The predicted molar refractivity (Wildman–Crippen MR) is 105 cm³/mol. The van der Waals surface area contributed by atoms with Gasteiger partial charge in [0.1, 0.15) is 0 Å². The van der Waals surface area contributed by atoms with Crippen molar-refractivity contribution >= 4 is 0 Å². The van der Waals surface area contributed by atoms with Gasteiger partial charge in [-0.1, -0.05) is 87.9 Å². The van der Waals surface area contributed by atoms with Crippen molar-refractivity contribution in [2.75, 3.05) is 7.05 Å². The number of nitrogens with two attached hydrogens (primary N) is 1. The summed E-state index contributed by atoms with van der Waals surface area (Å²) in [6.45, 7) is 18.2. The largest absolute Gasteiger partial charge is 0.333 e. The number of hydrogen-bond acceptors (Lipinski definition) is 1. The molecular weight excluding hydrogens is 266 g/mol. The Hall–Kier alpha value is -1.60. The summed E-state index contributed by atoms with van der Waals surface area (Å²) in [6.07, 6.45) is 10.3. The maximum atomic E-state index is 4.50. The molecule has 1 aromatic rings. The Morgan fingerprint density at radius 2 is 1.41 bits per heavy atom. The molecule has 1 aromatic carbocycles. The lowest BCUT2D eigenvalue weighted by Gasteiger charge is -2.22. The normalized spacial score (nSPS) is 12.0. The molecule has 22 heavy (non-hydrogen) atoms. The van der Waals surface area contributed by atoms with Crippen molar-refractivity contribution in [2.24, 2.45) is 5.73 Å². The topological polar surface area (TPSA) is 26.0 Å². The van der Waals surface area contributed by atoms with Crippen LogP contribution in [0.4, 0.5) is 0 Å². The Kier molecular flexibility index (Phi) is 20.1. The van der Waals surface area contributed by atoms with Crippen LogP contribution in [0, 0.1) is 6.92 Å². The minimum atomic E-state index is -0.0901. The molecule has 0 fully saturated rings. The van der Waals surface area contributed by atoms with Crippen LogP contribution in [0.5, 0.6) is 0 Å². The number of rotatable bonds is 4. The third-order valence-electron chi connectivity index (χ3n) is 2.84. The Balaban J connectivity index is -0.000000535. The molecule has 0 heterocycles. The van der Waals surface area contributed by atoms with Crippen molar-refractivity contribution in [1.82, 2.24) is 0 Å². The highest BCUT2D eigenvalue weighted by atomic mass is 14.4. The van der Waals surface area contributed by atoms with Crippen LogP contribution in [0.1, 0.15) is 52.7 Å². The first-order valence-electron chi connectivity index (χ1n) is 8.21. The zero-order chi connectivity index (χ0) is 18.0. The first-order chi connectivity index (χ1) is 10.6. The molecular formula is C21H37N. The molecule has 126 valence electrons. The second kappa shape index (κ2) is 17.5. The lowest BCUT2D eigenvalue weighted by molar-refractivity contribution is 0.759. The summed E-state index contributed by atoms with van der Waals surface area (Å²) in [5, 5.41) is 0. The number of hydrogen-bond donors (Lipinski definition) is 1. The molecule has 0 bridgehead atoms. The lowest BCUT2D eigenvalue weighted by Crippen LogP contribution is -2.14. The lowest BCUT2D eigenvalue weighted by atomic mass is 9.82. The first-order valence-corrected chi connectivity index (χ1v) is 8.21. The van der Waals surface area contributed by atoms with Gasteiger partial charge in [0.25, 0.3) is 0 Å². The molecule has 0 aliphatic carbocycles. The molecule has 1 nitrogen and oxygen atoms in total. The Labute approximate surface area is 139 Å². The van der Waals surface area contributed by atoms with Gasteiger partial charge in [-0.05, 0) is 33.4 Å². The van der Waals surface area contributed by atoms with E-state index in [0.29, 0.717) is 0 Å². The molecule has 0 spiro atoms. The average Bonchev–Trinajstić information content (AvgIpc) is 2.61. The van der Waals surface area contributed by atoms with E-state index >= 15 is 0 Å². The third-order valence-corrected chi connectivity index (χ3v) is 2.84. The van der Waals surface area contributed by atoms with Crippen molar-refractivity contribution in [3.05, 3.63) is 72.4 Å². The highest BCUT2D eigenvalue weighted by Crippen LogP contribution is 2.26. The molecule has 1 rings (SSSR count). The molecule has 0 aromatic heterocycles. The smallest absolute Gasteiger partial charge is 0.0284 e. The molecule has 2 N–H and O–H groups in total. The standard InChI is InChI=1S/C16H20.2C2H6.CH5N/c1-5-7-8-13-16(4,6-2)15-11-9-14(3)10-12-15;3*1-2/h5-13H,2H2,1,3-4H3;2*1-2H3;2H2,1H3/b7-5-,13-8-;;;. The molecule has 1 unspecified atom stereocenters. The minimum Gasteiger partial charge on any atom is -0.333 e. The van der Waals surface area contributed by atoms with E-state index in [9.17, 15) is 0 Å². The highest BCUT2D eigenvalue weighted by Gasteiger charge is 2.18. The Bertz CT molecular complexity index is 398. The molecule has 1 heteroatoms. The van der Waals surface area contributed by atoms with Crippen molar-refractivity contribution in [3.8, 4) is 0 Å². The van der Waals surface area contributed by atoms with Crippen molar-refractivity contribution in [2.45, 2.75) is 53.9 Å². The fourth-order valence-corrected chi connectivity index (χ4v) is 1.56. The maximum Gasteiger partial charge on any atom is 0.0284 e. The summed E-state index contributed by atoms with van der Waals surface area (Å²) in [4.78, 5) is 0. The summed E-state index contributed by atoms with van der Waals surface area (Å²) >= 11 is 0. The van der Waals surface area contributed by atoms with Crippen LogP contribution < -0.4 is 5.73 Å². The van der Waals surface area contributed by atoms with Gasteiger partial charge in [0.2, 0.25) is 0 Å². The molecule has 0 saturated carbocycles. The zero-order valence-electron chi connectivity index (χ0n) is 16.0. The third kappa shape index (κ3) is 10.2. The minimum absolute atomic E-state index is 0.0901. The molecule has 0 saturated heterocycles. The summed E-state index contributed by atoms with van der Waals surface area (Å²) in [5.74, 6) is 0. The van der Waals surface area contributed by atoms with E-state index in [1.54, 1.807) is 0 Å². The zero-order valence-corrected chi connectivity index (χ0v) is 16.0. The SMILES string of the molecule is C=CC(C)(/C=C\C=C/C)c1ccc(C)cc1.CC.CC.CN.